The fraction of sp³-hybridized carbons (Fsp3) is 0.250. The van der Waals surface area contributed by atoms with Crippen LogP contribution < -0.4 is 4.74 Å². The monoisotopic (exact) mass is 351 g/mol. The Morgan fingerprint density at radius 1 is 1.38 bits per heavy atom. The minimum Gasteiger partial charge on any atom is -0.484 e. The smallest absolute Gasteiger partial charge is 0.314 e. The quantitative estimate of drug-likeness (QED) is 0.558. The number of rotatable bonds is 5. The summed E-state index contributed by atoms with van der Waals surface area (Å²) in [7, 11) is 3.75. The predicted molar refractivity (Wildman–Crippen MR) is 91.5 cm³/mol. The van der Waals surface area contributed by atoms with Gasteiger partial charge in [0.1, 0.15) is 12.4 Å². The van der Waals surface area contributed by atoms with Crippen LogP contribution in [-0.2, 0) is 0 Å². The van der Waals surface area contributed by atoms with Crippen LogP contribution in [0.15, 0.2) is 24.3 Å². The van der Waals surface area contributed by atoms with Crippen LogP contribution in [0.3, 0.4) is 0 Å². The van der Waals surface area contributed by atoms with Gasteiger partial charge in [0, 0.05) is 28.9 Å². The molecule has 0 saturated heterocycles. The summed E-state index contributed by atoms with van der Waals surface area (Å²) in [4.78, 5) is 15.8. The van der Waals surface area contributed by atoms with Crippen LogP contribution in [0, 0.1) is 15.9 Å². The van der Waals surface area contributed by atoms with E-state index in [4.69, 9.17) is 16.3 Å². The molecule has 0 bridgehead atoms. The van der Waals surface area contributed by atoms with Gasteiger partial charge in [0.15, 0.2) is 0 Å². The molecule has 0 aliphatic heterocycles. The van der Waals surface area contributed by atoms with Gasteiger partial charge < -0.3 is 14.6 Å². The number of hydrogen-bond donors (Lipinski definition) is 1. The topological polar surface area (TPSA) is 71.4 Å². The molecule has 0 unspecified atom stereocenters. The molecule has 2 aromatic carbocycles. The zero-order chi connectivity index (χ0) is 17.4. The van der Waals surface area contributed by atoms with Crippen LogP contribution in [0.2, 0.25) is 5.02 Å². The van der Waals surface area contributed by atoms with E-state index in [1.54, 1.807) is 6.07 Å². The van der Waals surface area contributed by atoms with Crippen LogP contribution in [-0.4, -0.2) is 42.1 Å². The van der Waals surface area contributed by atoms with Gasteiger partial charge in [-0.1, -0.05) is 11.6 Å². The molecule has 8 heteroatoms. The van der Waals surface area contributed by atoms with E-state index in [0.29, 0.717) is 28.4 Å². The second-order valence-electron chi connectivity index (χ2n) is 5.68. The minimum atomic E-state index is -0.539. The number of nitrogens with one attached hydrogen (secondary N) is 1. The first-order valence-electron chi connectivity index (χ1n) is 7.24. The van der Waals surface area contributed by atoms with Gasteiger partial charge in [-0.05, 0) is 32.3 Å². The third-order valence-electron chi connectivity index (χ3n) is 3.70. The van der Waals surface area contributed by atoms with Crippen molar-refractivity contribution in [3.05, 3.63) is 45.2 Å². The van der Waals surface area contributed by atoms with Gasteiger partial charge in [-0.25, -0.2) is 4.39 Å². The first kappa shape index (κ1) is 16.5. The summed E-state index contributed by atoms with van der Waals surface area (Å²) in [5.74, 6) is -0.300. The fourth-order valence-electron chi connectivity index (χ4n) is 2.58. The summed E-state index contributed by atoms with van der Waals surface area (Å²) >= 11 is 6.22. The maximum Gasteiger partial charge on any atom is 0.314 e. The third-order valence-corrected chi connectivity index (χ3v) is 4.00. The van der Waals surface area contributed by atoms with Crippen molar-refractivity contribution in [2.45, 2.75) is 0 Å². The Labute approximate surface area is 141 Å². The van der Waals surface area contributed by atoms with E-state index in [-0.39, 0.29) is 23.1 Å². The molecule has 0 radical (unpaired) electrons. The van der Waals surface area contributed by atoms with Gasteiger partial charge in [0.25, 0.3) is 0 Å². The Balaban J connectivity index is 2.25. The normalized spacial score (nSPS) is 11.5. The molecule has 0 fully saturated rings. The SMILES string of the molecule is CN(C)CCOc1c([N+](=O)[O-])cc(Cl)c2c1[nH]c1ccc(F)cc12. The van der Waals surface area contributed by atoms with Crippen LogP contribution >= 0.6 is 11.6 Å². The fourth-order valence-corrected chi connectivity index (χ4v) is 2.88. The second kappa shape index (κ2) is 6.26. The first-order valence-corrected chi connectivity index (χ1v) is 7.61. The van der Waals surface area contributed by atoms with Crippen molar-refractivity contribution in [2.24, 2.45) is 0 Å². The number of halogens is 2. The van der Waals surface area contributed by atoms with Crippen LogP contribution in [0.25, 0.3) is 21.8 Å². The highest BCUT2D eigenvalue weighted by atomic mass is 35.5. The van der Waals surface area contributed by atoms with Crippen molar-refractivity contribution in [2.75, 3.05) is 27.2 Å². The van der Waals surface area contributed by atoms with Gasteiger partial charge in [-0.3, -0.25) is 10.1 Å². The van der Waals surface area contributed by atoms with Crippen LogP contribution in [0.5, 0.6) is 5.75 Å². The Bertz CT molecular complexity index is 939. The first-order chi connectivity index (χ1) is 11.4. The number of fused-ring (bicyclic) bond motifs is 3. The summed E-state index contributed by atoms with van der Waals surface area (Å²) in [5, 5.41) is 12.6. The number of aromatic amines is 1. The van der Waals surface area contributed by atoms with Crippen molar-refractivity contribution in [3.8, 4) is 5.75 Å². The minimum absolute atomic E-state index is 0.109. The molecule has 0 aliphatic carbocycles. The van der Waals surface area contributed by atoms with E-state index in [0.717, 1.165) is 0 Å². The Hall–Kier alpha value is -2.38. The predicted octanol–water partition coefficient (Wildman–Crippen LogP) is 3.96. The molecule has 0 atom stereocenters. The molecule has 126 valence electrons. The molecule has 3 aromatic rings. The largest absolute Gasteiger partial charge is 0.484 e. The van der Waals surface area contributed by atoms with Crippen molar-refractivity contribution >= 4 is 39.1 Å². The highest BCUT2D eigenvalue weighted by Crippen LogP contribution is 2.43. The highest BCUT2D eigenvalue weighted by Gasteiger charge is 2.24. The number of hydrogen-bond acceptors (Lipinski definition) is 4. The number of nitro groups is 1. The molecule has 0 amide bonds. The lowest BCUT2D eigenvalue weighted by Crippen LogP contribution is -2.19. The molecule has 1 aromatic heterocycles. The molecular weight excluding hydrogens is 337 g/mol. The summed E-state index contributed by atoms with van der Waals surface area (Å²) < 4.78 is 19.2. The van der Waals surface area contributed by atoms with E-state index in [1.807, 2.05) is 19.0 Å². The van der Waals surface area contributed by atoms with Crippen molar-refractivity contribution in [1.82, 2.24) is 9.88 Å². The zero-order valence-electron chi connectivity index (χ0n) is 13.1. The molecule has 1 heterocycles. The second-order valence-corrected chi connectivity index (χ2v) is 6.09. The van der Waals surface area contributed by atoms with Gasteiger partial charge in [0.05, 0.1) is 15.5 Å². The van der Waals surface area contributed by atoms with Gasteiger partial charge >= 0.3 is 5.69 Å². The molecule has 0 spiro atoms. The van der Waals surface area contributed by atoms with Crippen LogP contribution in [0.4, 0.5) is 10.1 Å². The molecule has 0 aliphatic rings. The van der Waals surface area contributed by atoms with Gasteiger partial charge in [-0.2, -0.15) is 0 Å². The molecule has 3 rings (SSSR count). The number of ether oxygens (including phenoxy) is 1. The maximum atomic E-state index is 13.6. The average molecular weight is 352 g/mol. The summed E-state index contributed by atoms with van der Waals surface area (Å²) in [6, 6.07) is 5.46. The van der Waals surface area contributed by atoms with Crippen molar-refractivity contribution in [1.29, 1.82) is 0 Å². The third kappa shape index (κ3) is 2.88. The molecule has 1 N–H and O–H groups in total. The summed E-state index contributed by atoms with van der Waals surface area (Å²) in [6.45, 7) is 0.866. The van der Waals surface area contributed by atoms with Crippen molar-refractivity contribution < 1.29 is 14.1 Å². The number of H-pyrrole nitrogens is 1. The summed E-state index contributed by atoms with van der Waals surface area (Å²) in [5.41, 5.74) is 0.804. The van der Waals surface area contributed by atoms with Crippen molar-refractivity contribution in [3.63, 3.8) is 0 Å². The Morgan fingerprint density at radius 3 is 2.79 bits per heavy atom. The summed E-state index contributed by atoms with van der Waals surface area (Å²) in [6.07, 6.45) is 0. The molecule has 24 heavy (non-hydrogen) atoms. The average Bonchev–Trinajstić information content (AvgIpc) is 2.87. The number of nitro benzene ring substituents is 1. The number of benzene rings is 2. The number of likely N-dealkylation sites (N-methyl/N-ethyl adjacent to an activating group) is 1. The highest BCUT2D eigenvalue weighted by molar-refractivity contribution is 6.38. The van der Waals surface area contributed by atoms with Gasteiger partial charge in [0.2, 0.25) is 5.75 Å². The van der Waals surface area contributed by atoms with E-state index in [9.17, 15) is 14.5 Å². The Morgan fingerprint density at radius 2 is 2.12 bits per heavy atom. The van der Waals surface area contributed by atoms with Gasteiger partial charge in [-0.15, -0.1) is 0 Å². The van der Waals surface area contributed by atoms with E-state index >= 15 is 0 Å². The lowest BCUT2D eigenvalue weighted by atomic mass is 10.1. The number of aromatic nitrogens is 1. The van der Waals surface area contributed by atoms with E-state index in [1.165, 1.54) is 18.2 Å². The van der Waals surface area contributed by atoms with E-state index < -0.39 is 10.7 Å². The van der Waals surface area contributed by atoms with E-state index in [2.05, 4.69) is 4.98 Å². The van der Waals surface area contributed by atoms with Crippen LogP contribution in [0.1, 0.15) is 0 Å². The Kier molecular flexibility index (Phi) is 4.29. The maximum absolute atomic E-state index is 13.6. The lowest BCUT2D eigenvalue weighted by Gasteiger charge is -2.12. The standard InChI is InChI=1S/C16H15ClFN3O3/c1-20(2)5-6-24-16-13(21(22)23)8-11(17)14-10-7-9(18)3-4-12(10)19-15(14)16/h3-4,7-8,19H,5-6H2,1-2H3. The zero-order valence-corrected chi connectivity index (χ0v) is 13.9. The lowest BCUT2D eigenvalue weighted by molar-refractivity contribution is -0.385. The molecular formula is C16H15ClFN3O3. The number of nitrogens with zero attached hydrogens (tertiary/aromatic N) is 2. The molecule has 0 saturated carbocycles. The molecule has 6 nitrogen and oxygen atoms in total.